The second kappa shape index (κ2) is 10.2. The molecule has 3 aromatic carbocycles. The zero-order chi connectivity index (χ0) is 22.5. The Bertz CT molecular complexity index is 1280. The highest BCUT2D eigenvalue weighted by atomic mass is 79.9. The number of ether oxygens (including phenoxy) is 1. The van der Waals surface area contributed by atoms with Crippen molar-refractivity contribution in [2.24, 2.45) is 0 Å². The molecule has 6 nitrogen and oxygen atoms in total. The number of rotatable bonds is 7. The molecular weight excluding hydrogens is 510 g/mol. The summed E-state index contributed by atoms with van der Waals surface area (Å²) >= 11 is 6.24. The van der Waals surface area contributed by atoms with Crippen LogP contribution in [0.5, 0.6) is 5.75 Å². The molecule has 1 heterocycles. The molecule has 9 heteroatoms. The number of hydrogen-bond acceptors (Lipinski definition) is 6. The van der Waals surface area contributed by atoms with Crippen LogP contribution >= 0.6 is 39.0 Å². The molecular formula is C23H18BrN3O3S2. The van der Waals surface area contributed by atoms with E-state index in [1.807, 2.05) is 48.5 Å². The third-order valence-electron chi connectivity index (χ3n) is 4.43. The van der Waals surface area contributed by atoms with Crippen molar-refractivity contribution >= 4 is 72.4 Å². The first-order chi connectivity index (χ1) is 15.5. The number of benzene rings is 3. The fraction of sp³-hybridized carbons (Fsp3) is 0.0870. The van der Waals surface area contributed by atoms with Gasteiger partial charge in [0.25, 0.3) is 5.91 Å². The first-order valence-corrected chi connectivity index (χ1v) is 12.1. The van der Waals surface area contributed by atoms with Crippen molar-refractivity contribution in [2.75, 3.05) is 23.5 Å². The quantitative estimate of drug-likeness (QED) is 0.286. The van der Waals surface area contributed by atoms with Gasteiger partial charge in [-0.15, -0.1) is 11.3 Å². The first-order valence-electron chi connectivity index (χ1n) is 9.55. The molecule has 4 rings (SSSR count). The Morgan fingerprint density at radius 1 is 1.03 bits per heavy atom. The van der Waals surface area contributed by atoms with Crippen molar-refractivity contribution in [2.45, 2.75) is 4.34 Å². The summed E-state index contributed by atoms with van der Waals surface area (Å²) in [5.74, 6) is 0.434. The van der Waals surface area contributed by atoms with Crippen LogP contribution in [-0.4, -0.2) is 29.7 Å². The molecule has 0 atom stereocenters. The van der Waals surface area contributed by atoms with E-state index in [2.05, 4.69) is 31.5 Å². The number of carbonyl (C=O) groups excluding carboxylic acids is 2. The summed E-state index contributed by atoms with van der Waals surface area (Å²) < 4.78 is 7.94. The van der Waals surface area contributed by atoms with E-state index in [-0.39, 0.29) is 17.6 Å². The third kappa shape index (κ3) is 5.48. The van der Waals surface area contributed by atoms with Crippen molar-refractivity contribution < 1.29 is 14.3 Å². The highest BCUT2D eigenvalue weighted by Crippen LogP contribution is 2.31. The lowest BCUT2D eigenvalue weighted by Gasteiger charge is -2.09. The van der Waals surface area contributed by atoms with Crippen molar-refractivity contribution in [3.63, 3.8) is 0 Å². The zero-order valence-corrected chi connectivity index (χ0v) is 20.1. The number of para-hydroxylation sites is 1. The second-order valence-electron chi connectivity index (χ2n) is 6.66. The van der Waals surface area contributed by atoms with Crippen LogP contribution in [0.1, 0.15) is 10.4 Å². The highest BCUT2D eigenvalue weighted by molar-refractivity contribution is 9.10. The van der Waals surface area contributed by atoms with Crippen LogP contribution in [0.3, 0.4) is 0 Å². The van der Waals surface area contributed by atoms with Gasteiger partial charge in [0.2, 0.25) is 5.91 Å². The molecule has 0 fully saturated rings. The Morgan fingerprint density at radius 3 is 2.56 bits per heavy atom. The molecule has 0 aliphatic rings. The van der Waals surface area contributed by atoms with Crippen LogP contribution in [0.25, 0.3) is 10.2 Å². The second-order valence-corrected chi connectivity index (χ2v) is 9.83. The summed E-state index contributed by atoms with van der Waals surface area (Å²) in [7, 11) is 1.54. The van der Waals surface area contributed by atoms with Crippen LogP contribution < -0.4 is 15.4 Å². The molecule has 2 amide bonds. The largest absolute Gasteiger partial charge is 0.496 e. The summed E-state index contributed by atoms with van der Waals surface area (Å²) in [5.41, 5.74) is 2.70. The van der Waals surface area contributed by atoms with Gasteiger partial charge in [0.05, 0.1) is 28.6 Å². The fourth-order valence-electron chi connectivity index (χ4n) is 2.93. The van der Waals surface area contributed by atoms with Crippen LogP contribution in [-0.2, 0) is 4.79 Å². The van der Waals surface area contributed by atoms with E-state index < -0.39 is 0 Å². The van der Waals surface area contributed by atoms with E-state index in [1.54, 1.807) is 18.2 Å². The Balaban J connectivity index is 1.39. The SMILES string of the molecule is COc1ccccc1C(=O)Nc1ccc2nc(SCC(=O)Nc3ccc(Br)cc3)sc2c1. The number of hydrogen-bond donors (Lipinski definition) is 2. The summed E-state index contributed by atoms with van der Waals surface area (Å²) in [6.45, 7) is 0. The number of carbonyl (C=O) groups is 2. The van der Waals surface area contributed by atoms with Gasteiger partial charge in [-0.1, -0.05) is 39.8 Å². The molecule has 0 aliphatic heterocycles. The number of aromatic nitrogens is 1. The van der Waals surface area contributed by atoms with Gasteiger partial charge in [-0.25, -0.2) is 4.98 Å². The normalized spacial score (nSPS) is 10.7. The average molecular weight is 528 g/mol. The van der Waals surface area contributed by atoms with E-state index in [1.165, 1.54) is 30.2 Å². The standard InChI is InChI=1S/C23H18BrN3O3S2/c1-30-19-5-3-2-4-17(19)22(29)26-16-10-11-18-20(12-16)32-23(27-18)31-13-21(28)25-15-8-6-14(24)7-9-15/h2-12H,13H2,1H3,(H,25,28)(H,26,29). The predicted molar refractivity (Wildman–Crippen MR) is 134 cm³/mol. The molecule has 4 aromatic rings. The van der Waals surface area contributed by atoms with E-state index in [4.69, 9.17) is 4.74 Å². The maximum Gasteiger partial charge on any atom is 0.259 e. The van der Waals surface area contributed by atoms with Gasteiger partial charge in [-0.05, 0) is 54.6 Å². The minimum atomic E-state index is -0.245. The predicted octanol–water partition coefficient (Wildman–Crippen LogP) is 6.05. The van der Waals surface area contributed by atoms with Crippen LogP contribution in [0.4, 0.5) is 11.4 Å². The molecule has 0 radical (unpaired) electrons. The Hall–Kier alpha value is -2.88. The summed E-state index contributed by atoms with van der Waals surface area (Å²) in [6.07, 6.45) is 0. The smallest absolute Gasteiger partial charge is 0.259 e. The monoisotopic (exact) mass is 527 g/mol. The van der Waals surface area contributed by atoms with E-state index in [0.717, 1.165) is 24.7 Å². The number of anilines is 2. The minimum absolute atomic E-state index is 0.0960. The van der Waals surface area contributed by atoms with Crippen molar-refractivity contribution in [3.8, 4) is 5.75 Å². The number of fused-ring (bicyclic) bond motifs is 1. The van der Waals surface area contributed by atoms with Gasteiger partial charge < -0.3 is 15.4 Å². The molecule has 0 saturated heterocycles. The van der Waals surface area contributed by atoms with Crippen LogP contribution in [0, 0.1) is 0 Å². The van der Waals surface area contributed by atoms with Crippen LogP contribution in [0.2, 0.25) is 0 Å². The van der Waals surface area contributed by atoms with E-state index >= 15 is 0 Å². The number of methoxy groups -OCH3 is 1. The number of thioether (sulfide) groups is 1. The van der Waals surface area contributed by atoms with Gasteiger partial charge in [-0.3, -0.25) is 9.59 Å². The minimum Gasteiger partial charge on any atom is -0.496 e. The number of halogens is 1. The summed E-state index contributed by atoms with van der Waals surface area (Å²) in [6, 6.07) is 20.0. The molecule has 162 valence electrons. The summed E-state index contributed by atoms with van der Waals surface area (Å²) in [5, 5.41) is 5.77. The number of nitrogens with zero attached hydrogens (tertiary/aromatic N) is 1. The van der Waals surface area contributed by atoms with E-state index in [0.29, 0.717) is 17.0 Å². The highest BCUT2D eigenvalue weighted by Gasteiger charge is 2.13. The van der Waals surface area contributed by atoms with Gasteiger partial charge in [0.1, 0.15) is 5.75 Å². The molecule has 0 spiro atoms. The van der Waals surface area contributed by atoms with Crippen molar-refractivity contribution in [1.82, 2.24) is 4.98 Å². The fourth-order valence-corrected chi connectivity index (χ4v) is 5.10. The topological polar surface area (TPSA) is 80.3 Å². The van der Waals surface area contributed by atoms with Gasteiger partial charge >= 0.3 is 0 Å². The number of thiazole rings is 1. The lowest BCUT2D eigenvalue weighted by atomic mass is 10.2. The summed E-state index contributed by atoms with van der Waals surface area (Å²) in [4.78, 5) is 29.4. The van der Waals surface area contributed by atoms with Crippen LogP contribution in [0.15, 0.2) is 75.5 Å². The number of amides is 2. The van der Waals surface area contributed by atoms with Crippen molar-refractivity contribution in [3.05, 3.63) is 76.8 Å². The molecule has 0 aliphatic carbocycles. The molecule has 2 N–H and O–H groups in total. The Kier molecular flexibility index (Phi) is 7.09. The molecule has 32 heavy (non-hydrogen) atoms. The van der Waals surface area contributed by atoms with Crippen molar-refractivity contribution in [1.29, 1.82) is 0 Å². The first kappa shape index (κ1) is 22.3. The molecule has 1 aromatic heterocycles. The average Bonchev–Trinajstić information content (AvgIpc) is 3.21. The number of nitrogens with one attached hydrogen (secondary N) is 2. The third-order valence-corrected chi connectivity index (χ3v) is 7.12. The Labute approximate surface area is 201 Å². The lowest BCUT2D eigenvalue weighted by Crippen LogP contribution is -2.13. The molecule has 0 saturated carbocycles. The zero-order valence-electron chi connectivity index (χ0n) is 16.9. The maximum atomic E-state index is 12.6. The molecule has 0 bridgehead atoms. The van der Waals surface area contributed by atoms with Gasteiger partial charge in [0.15, 0.2) is 4.34 Å². The van der Waals surface area contributed by atoms with Gasteiger partial charge in [0, 0.05) is 15.8 Å². The molecule has 0 unspecified atom stereocenters. The van der Waals surface area contributed by atoms with E-state index in [9.17, 15) is 9.59 Å². The maximum absolute atomic E-state index is 12.6. The lowest BCUT2D eigenvalue weighted by molar-refractivity contribution is -0.113. The Morgan fingerprint density at radius 2 is 1.78 bits per heavy atom. The van der Waals surface area contributed by atoms with Gasteiger partial charge in [-0.2, -0.15) is 0 Å².